The van der Waals surface area contributed by atoms with Gasteiger partial charge in [0, 0.05) is 11.6 Å². The molecule has 1 aromatic heterocycles. The van der Waals surface area contributed by atoms with E-state index >= 15 is 0 Å². The standard InChI is InChI=1S/C23H28N4O/c1-15(2)27-12-10-17(11-13-27)14-16-6-8-18(9-7-16)23-25-20-5-3-4-19(22(24)28)21(20)26-23/h3-9,15,17H,10-14H2,1-2H3,(H2,24,28)(H,25,26). The Hall–Kier alpha value is -2.66. The molecule has 1 fully saturated rings. The molecule has 2 aromatic carbocycles. The summed E-state index contributed by atoms with van der Waals surface area (Å²) in [6.07, 6.45) is 3.69. The zero-order valence-corrected chi connectivity index (χ0v) is 16.6. The number of para-hydroxylation sites is 1. The van der Waals surface area contributed by atoms with E-state index in [9.17, 15) is 4.79 Å². The first-order valence-electron chi connectivity index (χ1n) is 10.1. The van der Waals surface area contributed by atoms with Crippen molar-refractivity contribution in [2.45, 2.75) is 39.2 Å². The van der Waals surface area contributed by atoms with Crippen LogP contribution >= 0.6 is 0 Å². The second-order valence-electron chi connectivity index (χ2n) is 8.13. The Morgan fingerprint density at radius 1 is 1.18 bits per heavy atom. The van der Waals surface area contributed by atoms with Gasteiger partial charge < -0.3 is 15.6 Å². The number of aromatic amines is 1. The summed E-state index contributed by atoms with van der Waals surface area (Å²) in [5.74, 6) is 1.08. The fraction of sp³-hybridized carbons (Fsp3) is 0.391. The van der Waals surface area contributed by atoms with Crippen molar-refractivity contribution < 1.29 is 4.79 Å². The molecule has 4 rings (SSSR count). The number of fused-ring (bicyclic) bond motifs is 1. The molecule has 5 nitrogen and oxygen atoms in total. The van der Waals surface area contributed by atoms with Gasteiger partial charge in [-0.25, -0.2) is 4.98 Å². The van der Waals surface area contributed by atoms with E-state index in [1.807, 2.05) is 12.1 Å². The van der Waals surface area contributed by atoms with Crippen LogP contribution in [0, 0.1) is 5.92 Å². The van der Waals surface area contributed by atoms with Gasteiger partial charge in [-0.1, -0.05) is 30.3 Å². The number of aromatic nitrogens is 2. The van der Waals surface area contributed by atoms with E-state index in [0.717, 1.165) is 29.2 Å². The molecule has 0 radical (unpaired) electrons. The number of benzene rings is 2. The maximum Gasteiger partial charge on any atom is 0.250 e. The van der Waals surface area contributed by atoms with E-state index < -0.39 is 5.91 Å². The van der Waals surface area contributed by atoms with Crippen molar-refractivity contribution in [2.24, 2.45) is 11.7 Å². The van der Waals surface area contributed by atoms with Crippen molar-refractivity contribution in [2.75, 3.05) is 13.1 Å². The zero-order chi connectivity index (χ0) is 19.7. The van der Waals surface area contributed by atoms with Crippen LogP contribution in [0.5, 0.6) is 0 Å². The molecule has 0 atom stereocenters. The van der Waals surface area contributed by atoms with Crippen LogP contribution < -0.4 is 5.73 Å². The fourth-order valence-electron chi connectivity index (χ4n) is 4.17. The van der Waals surface area contributed by atoms with Gasteiger partial charge in [0.2, 0.25) is 0 Å². The van der Waals surface area contributed by atoms with Crippen LogP contribution in [0.15, 0.2) is 42.5 Å². The topological polar surface area (TPSA) is 75.0 Å². The number of rotatable bonds is 5. The molecular formula is C23H28N4O. The molecule has 146 valence electrons. The number of H-pyrrole nitrogens is 1. The van der Waals surface area contributed by atoms with E-state index in [2.05, 4.69) is 53.0 Å². The fourth-order valence-corrected chi connectivity index (χ4v) is 4.17. The summed E-state index contributed by atoms with van der Waals surface area (Å²) in [5, 5.41) is 0. The number of piperidine rings is 1. The normalized spacial score (nSPS) is 16.1. The van der Waals surface area contributed by atoms with Gasteiger partial charge in [0.1, 0.15) is 11.3 Å². The van der Waals surface area contributed by atoms with Gasteiger partial charge in [-0.3, -0.25) is 4.79 Å². The number of hydrogen-bond acceptors (Lipinski definition) is 3. The molecule has 1 saturated heterocycles. The molecule has 0 saturated carbocycles. The van der Waals surface area contributed by atoms with Gasteiger partial charge in [0.05, 0.1) is 11.1 Å². The second-order valence-corrected chi connectivity index (χ2v) is 8.13. The molecule has 3 N–H and O–H groups in total. The Morgan fingerprint density at radius 3 is 2.54 bits per heavy atom. The van der Waals surface area contributed by atoms with Gasteiger partial charge in [-0.15, -0.1) is 0 Å². The minimum Gasteiger partial charge on any atom is -0.366 e. The number of primary amides is 1. The lowest BCUT2D eigenvalue weighted by Crippen LogP contribution is -2.38. The summed E-state index contributed by atoms with van der Waals surface area (Å²) in [7, 11) is 0. The van der Waals surface area contributed by atoms with Gasteiger partial charge in [-0.05, 0) is 69.8 Å². The molecule has 0 unspecified atom stereocenters. The third-order valence-corrected chi connectivity index (χ3v) is 5.91. The van der Waals surface area contributed by atoms with E-state index in [4.69, 9.17) is 5.73 Å². The van der Waals surface area contributed by atoms with Crippen LogP contribution in [0.25, 0.3) is 22.4 Å². The highest BCUT2D eigenvalue weighted by Gasteiger charge is 2.21. The first-order chi connectivity index (χ1) is 13.5. The molecule has 0 spiro atoms. The average molecular weight is 377 g/mol. The maximum atomic E-state index is 11.6. The van der Waals surface area contributed by atoms with Gasteiger partial charge in [0.25, 0.3) is 5.91 Å². The average Bonchev–Trinajstić information content (AvgIpc) is 3.13. The highest BCUT2D eigenvalue weighted by atomic mass is 16.1. The van der Waals surface area contributed by atoms with Crippen molar-refractivity contribution in [3.8, 4) is 11.4 Å². The minimum absolute atomic E-state index is 0.448. The number of nitrogens with two attached hydrogens (primary N) is 1. The largest absolute Gasteiger partial charge is 0.366 e. The lowest BCUT2D eigenvalue weighted by atomic mass is 9.89. The van der Waals surface area contributed by atoms with Crippen molar-refractivity contribution in [3.63, 3.8) is 0 Å². The highest BCUT2D eigenvalue weighted by Crippen LogP contribution is 2.26. The van der Waals surface area contributed by atoms with Gasteiger partial charge >= 0.3 is 0 Å². The second kappa shape index (κ2) is 7.76. The molecule has 1 amide bonds. The number of nitrogens with zero attached hydrogens (tertiary/aromatic N) is 2. The molecule has 1 aliphatic heterocycles. The number of carbonyl (C=O) groups is 1. The number of imidazole rings is 1. The first kappa shape index (κ1) is 18.7. The summed E-state index contributed by atoms with van der Waals surface area (Å²) >= 11 is 0. The van der Waals surface area contributed by atoms with Crippen molar-refractivity contribution in [1.82, 2.24) is 14.9 Å². The van der Waals surface area contributed by atoms with Crippen LogP contribution in [0.4, 0.5) is 0 Å². The van der Waals surface area contributed by atoms with Crippen LogP contribution in [0.1, 0.15) is 42.6 Å². The smallest absolute Gasteiger partial charge is 0.250 e. The molecular weight excluding hydrogens is 348 g/mol. The van der Waals surface area contributed by atoms with E-state index in [1.165, 1.54) is 31.5 Å². The predicted molar refractivity (Wildman–Crippen MR) is 113 cm³/mol. The monoisotopic (exact) mass is 376 g/mol. The van der Waals surface area contributed by atoms with Crippen molar-refractivity contribution in [3.05, 3.63) is 53.6 Å². The van der Waals surface area contributed by atoms with Crippen LogP contribution in [-0.2, 0) is 6.42 Å². The summed E-state index contributed by atoms with van der Waals surface area (Å²) in [6.45, 7) is 6.98. The molecule has 0 aliphatic carbocycles. The van der Waals surface area contributed by atoms with E-state index in [1.54, 1.807) is 6.07 Å². The first-order valence-corrected chi connectivity index (χ1v) is 10.1. The van der Waals surface area contributed by atoms with E-state index in [0.29, 0.717) is 17.1 Å². The van der Waals surface area contributed by atoms with E-state index in [-0.39, 0.29) is 0 Å². The number of hydrogen-bond donors (Lipinski definition) is 2. The Balaban J connectivity index is 1.47. The third kappa shape index (κ3) is 3.80. The molecule has 2 heterocycles. The van der Waals surface area contributed by atoms with Crippen LogP contribution in [0.2, 0.25) is 0 Å². The number of nitrogens with one attached hydrogen (secondary N) is 1. The quantitative estimate of drug-likeness (QED) is 0.707. The maximum absolute atomic E-state index is 11.6. The summed E-state index contributed by atoms with van der Waals surface area (Å²) in [5.41, 5.74) is 9.77. The highest BCUT2D eigenvalue weighted by molar-refractivity contribution is 6.04. The summed E-state index contributed by atoms with van der Waals surface area (Å²) in [6, 6.07) is 14.7. The predicted octanol–water partition coefficient (Wildman–Crippen LogP) is 3.99. The molecule has 0 bridgehead atoms. The minimum atomic E-state index is -0.456. The summed E-state index contributed by atoms with van der Waals surface area (Å²) in [4.78, 5) is 22.1. The number of carbonyl (C=O) groups excluding carboxylic acids is 1. The zero-order valence-electron chi connectivity index (χ0n) is 16.6. The Labute approximate surface area is 166 Å². The van der Waals surface area contributed by atoms with Crippen LogP contribution in [-0.4, -0.2) is 39.9 Å². The molecule has 3 aromatic rings. The Bertz CT molecular complexity index is 966. The number of amides is 1. The Kier molecular flexibility index (Phi) is 5.18. The van der Waals surface area contributed by atoms with Crippen molar-refractivity contribution in [1.29, 1.82) is 0 Å². The van der Waals surface area contributed by atoms with Gasteiger partial charge in [0.15, 0.2) is 0 Å². The molecule has 28 heavy (non-hydrogen) atoms. The van der Waals surface area contributed by atoms with Crippen LogP contribution in [0.3, 0.4) is 0 Å². The summed E-state index contributed by atoms with van der Waals surface area (Å²) < 4.78 is 0. The lowest BCUT2D eigenvalue weighted by molar-refractivity contribution is 0.100. The molecule has 5 heteroatoms. The SMILES string of the molecule is CC(C)N1CCC(Cc2ccc(-c3nc4c(C(N)=O)cccc4[nH]3)cc2)CC1. The van der Waals surface area contributed by atoms with Gasteiger partial charge in [-0.2, -0.15) is 0 Å². The number of likely N-dealkylation sites (tertiary alicyclic amines) is 1. The van der Waals surface area contributed by atoms with Crippen molar-refractivity contribution >= 4 is 16.9 Å². The lowest BCUT2D eigenvalue weighted by Gasteiger charge is -2.34. The molecule has 1 aliphatic rings. The third-order valence-electron chi connectivity index (χ3n) is 5.91. The Morgan fingerprint density at radius 2 is 1.89 bits per heavy atom.